The Hall–Kier alpha value is -2.46. The Kier molecular flexibility index (Phi) is 7.96. The van der Waals surface area contributed by atoms with Crippen molar-refractivity contribution in [2.24, 2.45) is 4.99 Å². The Morgan fingerprint density at radius 1 is 1.17 bits per heavy atom. The number of H-pyrrole nitrogens is 1. The monoisotopic (exact) mass is 439 g/mol. The van der Waals surface area contributed by atoms with E-state index in [9.17, 15) is 8.42 Å². The quantitative estimate of drug-likeness (QED) is 0.254. The van der Waals surface area contributed by atoms with Crippen molar-refractivity contribution in [3.05, 3.63) is 23.9 Å². The fourth-order valence-corrected chi connectivity index (χ4v) is 4.28. The molecule has 0 atom stereocenters. The predicted octanol–water partition coefficient (Wildman–Crippen LogP) is 1.61. The maximum Gasteiger partial charge on any atom is 0.209 e. The van der Waals surface area contributed by atoms with E-state index in [1.165, 1.54) is 0 Å². The van der Waals surface area contributed by atoms with Gasteiger partial charge in [-0.2, -0.15) is 0 Å². The zero-order valence-electron chi connectivity index (χ0n) is 18.5. The van der Waals surface area contributed by atoms with Crippen LogP contribution in [0, 0.1) is 0 Å². The van der Waals surface area contributed by atoms with Gasteiger partial charge in [-0.1, -0.05) is 0 Å². The third-order valence-corrected chi connectivity index (χ3v) is 5.41. The molecule has 1 heterocycles. The number of aromatic amines is 1. The number of fused-ring (bicyclic) bond motifs is 1. The fraction of sp³-hybridized carbons (Fsp3) is 0.550. The Labute approximate surface area is 178 Å². The van der Waals surface area contributed by atoms with Crippen LogP contribution < -0.4 is 24.8 Å². The highest BCUT2D eigenvalue weighted by Gasteiger charge is 2.22. The first kappa shape index (κ1) is 23.8. The van der Waals surface area contributed by atoms with E-state index in [0.29, 0.717) is 12.5 Å². The van der Waals surface area contributed by atoms with Gasteiger partial charge in [-0.15, -0.1) is 0 Å². The number of aliphatic imine (C=N–C) groups is 1. The van der Waals surface area contributed by atoms with Crippen molar-refractivity contribution < 1.29 is 17.9 Å². The minimum Gasteiger partial charge on any atom is -0.497 e. The summed E-state index contributed by atoms with van der Waals surface area (Å²) in [4.78, 5) is 7.60. The normalized spacial score (nSPS) is 12.8. The molecule has 4 N–H and O–H groups in total. The molecule has 0 unspecified atom stereocenters. The molecular weight excluding hydrogens is 406 g/mol. The zero-order valence-corrected chi connectivity index (χ0v) is 19.4. The minimum atomic E-state index is -3.28. The number of hydrogen-bond acceptors (Lipinski definition) is 5. The topological polar surface area (TPSA) is 117 Å². The van der Waals surface area contributed by atoms with E-state index in [-0.39, 0.29) is 0 Å². The summed E-state index contributed by atoms with van der Waals surface area (Å²) in [5, 5.41) is 7.43. The average Bonchev–Trinajstić information content (AvgIpc) is 3.07. The van der Waals surface area contributed by atoms with Crippen molar-refractivity contribution >= 4 is 26.9 Å². The van der Waals surface area contributed by atoms with Crippen molar-refractivity contribution in [2.75, 3.05) is 40.6 Å². The molecule has 0 saturated carbocycles. The summed E-state index contributed by atoms with van der Waals surface area (Å²) >= 11 is 0. The number of nitrogens with one attached hydrogen (secondary N) is 4. The Morgan fingerprint density at radius 3 is 2.50 bits per heavy atom. The highest BCUT2D eigenvalue weighted by atomic mass is 32.2. The minimum absolute atomic E-state index is 0.406. The van der Waals surface area contributed by atoms with E-state index in [0.717, 1.165) is 53.7 Å². The largest absolute Gasteiger partial charge is 0.497 e. The summed E-state index contributed by atoms with van der Waals surface area (Å²) in [5.74, 6) is 2.15. The van der Waals surface area contributed by atoms with Gasteiger partial charge in [-0.05, 0) is 32.8 Å². The number of ether oxygens (including phenoxy) is 2. The molecule has 9 nitrogen and oxygen atoms in total. The van der Waals surface area contributed by atoms with Crippen molar-refractivity contribution in [1.29, 1.82) is 0 Å². The van der Waals surface area contributed by atoms with Gasteiger partial charge in [0.1, 0.15) is 11.5 Å². The number of benzene rings is 1. The predicted molar refractivity (Wildman–Crippen MR) is 121 cm³/mol. The van der Waals surface area contributed by atoms with Gasteiger partial charge in [0.25, 0.3) is 0 Å². The molecule has 0 fully saturated rings. The molecule has 0 aliphatic carbocycles. The van der Waals surface area contributed by atoms with Crippen LogP contribution in [0.1, 0.15) is 26.0 Å². The van der Waals surface area contributed by atoms with Crippen LogP contribution in [0.2, 0.25) is 0 Å². The second kappa shape index (κ2) is 10.0. The molecule has 0 saturated heterocycles. The SMILES string of the molecule is CN=C(NCCCc1cc2c(OC)cc(OC)cc2[nH]1)NCC(C)(C)NS(C)(=O)=O. The summed E-state index contributed by atoms with van der Waals surface area (Å²) in [5.41, 5.74) is 1.46. The van der Waals surface area contributed by atoms with Crippen molar-refractivity contribution in [2.45, 2.75) is 32.2 Å². The molecule has 1 aromatic carbocycles. The molecule has 168 valence electrons. The van der Waals surface area contributed by atoms with E-state index in [2.05, 4.69) is 31.4 Å². The Balaban J connectivity index is 1.86. The molecule has 0 amide bonds. The molecule has 10 heteroatoms. The second-order valence-electron chi connectivity index (χ2n) is 7.80. The van der Waals surface area contributed by atoms with E-state index >= 15 is 0 Å². The lowest BCUT2D eigenvalue weighted by Crippen LogP contribution is -2.53. The van der Waals surface area contributed by atoms with Gasteiger partial charge in [0.2, 0.25) is 10.0 Å². The third-order valence-electron chi connectivity index (χ3n) is 4.48. The summed E-state index contributed by atoms with van der Waals surface area (Å²) in [6.45, 7) is 4.75. The fourth-order valence-electron chi connectivity index (χ4n) is 3.21. The van der Waals surface area contributed by atoms with Crippen LogP contribution >= 0.6 is 0 Å². The number of hydrogen-bond donors (Lipinski definition) is 4. The number of aromatic nitrogens is 1. The van der Waals surface area contributed by atoms with Crippen molar-refractivity contribution in [1.82, 2.24) is 20.3 Å². The van der Waals surface area contributed by atoms with Crippen LogP contribution in [0.15, 0.2) is 23.2 Å². The van der Waals surface area contributed by atoms with Crippen molar-refractivity contribution in [3.63, 3.8) is 0 Å². The van der Waals surface area contributed by atoms with Gasteiger partial charge in [0.15, 0.2) is 5.96 Å². The number of aryl methyl sites for hydroxylation is 1. The lowest BCUT2D eigenvalue weighted by atomic mass is 10.1. The van der Waals surface area contributed by atoms with Gasteiger partial charge in [0, 0.05) is 48.9 Å². The summed E-state index contributed by atoms with van der Waals surface area (Å²) in [6.07, 6.45) is 2.89. The van der Waals surface area contributed by atoms with E-state index in [4.69, 9.17) is 9.47 Å². The van der Waals surface area contributed by atoms with Crippen LogP contribution in [-0.4, -0.2) is 65.5 Å². The molecule has 0 aliphatic rings. The Morgan fingerprint density at radius 2 is 1.90 bits per heavy atom. The lowest BCUT2D eigenvalue weighted by molar-refractivity contribution is 0.398. The summed E-state index contributed by atoms with van der Waals surface area (Å²) in [6, 6.07) is 5.93. The average molecular weight is 440 g/mol. The summed E-state index contributed by atoms with van der Waals surface area (Å²) < 4.78 is 36.3. The number of methoxy groups -OCH3 is 2. The second-order valence-corrected chi connectivity index (χ2v) is 9.55. The van der Waals surface area contributed by atoms with E-state index in [1.807, 2.05) is 26.0 Å². The van der Waals surface area contributed by atoms with Gasteiger partial charge in [-0.3, -0.25) is 4.99 Å². The highest BCUT2D eigenvalue weighted by molar-refractivity contribution is 7.88. The maximum atomic E-state index is 11.4. The van der Waals surface area contributed by atoms with Gasteiger partial charge >= 0.3 is 0 Å². The van der Waals surface area contributed by atoms with Gasteiger partial charge in [0.05, 0.1) is 26.0 Å². The number of sulfonamides is 1. The zero-order chi connectivity index (χ0) is 22.4. The first-order valence-electron chi connectivity index (χ1n) is 9.74. The van der Waals surface area contributed by atoms with E-state index < -0.39 is 15.6 Å². The van der Waals surface area contributed by atoms with E-state index in [1.54, 1.807) is 21.3 Å². The maximum absolute atomic E-state index is 11.4. The van der Waals surface area contributed by atoms with Crippen LogP contribution in [0.3, 0.4) is 0 Å². The smallest absolute Gasteiger partial charge is 0.209 e. The molecule has 1 aromatic heterocycles. The molecule has 0 bridgehead atoms. The van der Waals surface area contributed by atoms with Crippen molar-refractivity contribution in [3.8, 4) is 11.5 Å². The van der Waals surface area contributed by atoms with Gasteiger partial charge < -0.3 is 25.1 Å². The molecule has 0 spiro atoms. The molecule has 30 heavy (non-hydrogen) atoms. The Bertz CT molecular complexity index is 982. The highest BCUT2D eigenvalue weighted by Crippen LogP contribution is 2.31. The van der Waals surface area contributed by atoms with Crippen LogP contribution in [0.5, 0.6) is 11.5 Å². The lowest BCUT2D eigenvalue weighted by Gasteiger charge is -2.26. The molecule has 0 aliphatic heterocycles. The standard InChI is InChI=1S/C20H33N5O4S/c1-20(2,25-30(6,26)27)13-23-19(21-3)22-9-7-8-14-10-16-17(24-14)11-15(28-4)12-18(16)29-5/h10-12,24-25H,7-9,13H2,1-6H3,(H2,21,22,23). The first-order chi connectivity index (χ1) is 14.1. The number of nitrogens with zero attached hydrogens (tertiary/aromatic N) is 1. The third kappa shape index (κ3) is 7.10. The van der Waals surface area contributed by atoms with Crippen LogP contribution in [-0.2, 0) is 16.4 Å². The van der Waals surface area contributed by atoms with Gasteiger partial charge in [-0.25, -0.2) is 13.1 Å². The molecule has 0 radical (unpaired) electrons. The molecule has 2 rings (SSSR count). The number of guanidine groups is 1. The summed E-state index contributed by atoms with van der Waals surface area (Å²) in [7, 11) is 1.69. The number of rotatable bonds is 10. The molecule has 2 aromatic rings. The van der Waals surface area contributed by atoms with Crippen LogP contribution in [0.25, 0.3) is 10.9 Å². The first-order valence-corrected chi connectivity index (χ1v) is 11.6. The molecular formula is C20H33N5O4S. The van der Waals surface area contributed by atoms with Crippen LogP contribution in [0.4, 0.5) is 0 Å².